The van der Waals surface area contributed by atoms with Gasteiger partial charge in [0.1, 0.15) is 12.4 Å². The molecule has 1 heterocycles. The van der Waals surface area contributed by atoms with Gasteiger partial charge in [0.15, 0.2) is 16.8 Å². The highest BCUT2D eigenvalue weighted by Crippen LogP contribution is 2.28. The summed E-state index contributed by atoms with van der Waals surface area (Å²) < 4.78 is 7.56. The fraction of sp³-hybridized carbons (Fsp3) is 0.182. The van der Waals surface area contributed by atoms with Gasteiger partial charge in [0.05, 0.1) is 10.8 Å². The Labute approximate surface area is 199 Å². The normalized spacial score (nSPS) is 10.6. The summed E-state index contributed by atoms with van der Waals surface area (Å²) in [4.78, 5) is 23.7. The Hall–Kier alpha value is -2.81. The van der Waals surface area contributed by atoms with Crippen LogP contribution in [0.25, 0.3) is 0 Å². The van der Waals surface area contributed by atoms with Crippen molar-refractivity contribution < 1.29 is 14.3 Å². The number of nitrogens with one attached hydrogen (secondary N) is 1. The number of hydrogen-bond acceptors (Lipinski definition) is 6. The van der Waals surface area contributed by atoms with Crippen LogP contribution in [0.15, 0.2) is 60.3 Å². The van der Waals surface area contributed by atoms with E-state index in [0.717, 1.165) is 0 Å². The van der Waals surface area contributed by atoms with Crippen molar-refractivity contribution in [2.24, 2.45) is 0 Å². The fourth-order valence-corrected chi connectivity index (χ4v) is 3.92. The Bertz CT molecular complexity index is 1130. The van der Waals surface area contributed by atoms with Crippen molar-refractivity contribution in [3.05, 3.63) is 76.6 Å². The molecule has 3 aromatic rings. The predicted octanol–water partition coefficient (Wildman–Crippen LogP) is 5.28. The van der Waals surface area contributed by atoms with Gasteiger partial charge in [0, 0.05) is 22.8 Å². The number of rotatable bonds is 10. The van der Waals surface area contributed by atoms with Crippen LogP contribution in [0.4, 0.5) is 5.69 Å². The molecule has 0 aliphatic heterocycles. The molecular weight excluding hydrogens is 471 g/mol. The molecule has 1 N–H and O–H groups in total. The van der Waals surface area contributed by atoms with Crippen LogP contribution in [-0.2, 0) is 17.9 Å². The highest BCUT2D eigenvalue weighted by molar-refractivity contribution is 7.99. The fourth-order valence-electron chi connectivity index (χ4n) is 2.70. The minimum absolute atomic E-state index is 0.0295. The third-order valence-electron chi connectivity index (χ3n) is 4.26. The van der Waals surface area contributed by atoms with Gasteiger partial charge < -0.3 is 10.1 Å². The molecule has 0 bridgehead atoms. The molecule has 32 heavy (non-hydrogen) atoms. The van der Waals surface area contributed by atoms with Gasteiger partial charge in [-0.1, -0.05) is 41.0 Å². The molecule has 166 valence electrons. The molecule has 0 unspecified atom stereocenters. The van der Waals surface area contributed by atoms with Crippen molar-refractivity contribution in [3.63, 3.8) is 0 Å². The summed E-state index contributed by atoms with van der Waals surface area (Å²) in [6.07, 6.45) is 1.71. The summed E-state index contributed by atoms with van der Waals surface area (Å²) in [5, 5.41) is 12.6. The summed E-state index contributed by atoms with van der Waals surface area (Å²) in [6.45, 7) is 5.85. The topological polar surface area (TPSA) is 86.1 Å². The lowest BCUT2D eigenvalue weighted by Gasteiger charge is -2.10. The molecule has 0 aliphatic rings. The van der Waals surface area contributed by atoms with Gasteiger partial charge in [0.2, 0.25) is 5.91 Å². The van der Waals surface area contributed by atoms with Crippen LogP contribution >= 0.6 is 35.0 Å². The molecule has 0 aliphatic carbocycles. The maximum atomic E-state index is 12.3. The van der Waals surface area contributed by atoms with Crippen LogP contribution in [-0.4, -0.2) is 32.2 Å². The highest BCUT2D eigenvalue weighted by Gasteiger charge is 2.15. The number of Topliss-reactive ketones (excluding diaryl/α,β-unsaturated/α-hetero) is 1. The summed E-state index contributed by atoms with van der Waals surface area (Å²) >= 11 is 13.3. The first-order valence-corrected chi connectivity index (χ1v) is 11.3. The zero-order valence-electron chi connectivity index (χ0n) is 17.2. The number of benzene rings is 2. The summed E-state index contributed by atoms with van der Waals surface area (Å²) in [6, 6.07) is 11.7. The van der Waals surface area contributed by atoms with E-state index in [1.807, 2.05) is 4.57 Å². The van der Waals surface area contributed by atoms with Crippen LogP contribution in [0.1, 0.15) is 23.1 Å². The van der Waals surface area contributed by atoms with Crippen molar-refractivity contribution in [3.8, 4) is 5.75 Å². The van der Waals surface area contributed by atoms with Gasteiger partial charge >= 0.3 is 0 Å². The van der Waals surface area contributed by atoms with Crippen LogP contribution in [0.5, 0.6) is 5.75 Å². The lowest BCUT2D eigenvalue weighted by Crippen LogP contribution is -2.15. The highest BCUT2D eigenvalue weighted by atomic mass is 35.5. The largest absolute Gasteiger partial charge is 0.484 e. The van der Waals surface area contributed by atoms with Crippen molar-refractivity contribution in [1.29, 1.82) is 0 Å². The molecule has 3 rings (SSSR count). The van der Waals surface area contributed by atoms with Crippen molar-refractivity contribution >= 4 is 52.3 Å². The number of aromatic nitrogens is 3. The summed E-state index contributed by atoms with van der Waals surface area (Å²) in [5.41, 5.74) is 1.20. The first kappa shape index (κ1) is 23.8. The first-order valence-electron chi connectivity index (χ1n) is 9.52. The molecule has 10 heteroatoms. The number of anilines is 1. The third-order valence-corrected chi connectivity index (χ3v) is 5.76. The smallest absolute Gasteiger partial charge is 0.234 e. The number of ketones is 1. The quantitative estimate of drug-likeness (QED) is 0.236. The number of allylic oxidation sites excluding steroid dienone is 1. The molecule has 1 aromatic heterocycles. The van der Waals surface area contributed by atoms with Gasteiger partial charge in [-0.25, -0.2) is 0 Å². The van der Waals surface area contributed by atoms with E-state index in [-0.39, 0.29) is 24.1 Å². The van der Waals surface area contributed by atoms with Gasteiger partial charge in [0.25, 0.3) is 0 Å². The Kier molecular flexibility index (Phi) is 8.33. The zero-order chi connectivity index (χ0) is 23.1. The predicted molar refractivity (Wildman–Crippen MR) is 127 cm³/mol. The maximum Gasteiger partial charge on any atom is 0.234 e. The Morgan fingerprint density at radius 2 is 1.94 bits per heavy atom. The van der Waals surface area contributed by atoms with E-state index in [1.165, 1.54) is 18.7 Å². The number of amides is 1. The number of nitrogens with zero attached hydrogens (tertiary/aromatic N) is 3. The zero-order valence-corrected chi connectivity index (χ0v) is 19.5. The van der Waals surface area contributed by atoms with Crippen LogP contribution < -0.4 is 10.1 Å². The van der Waals surface area contributed by atoms with Crippen LogP contribution in [0.3, 0.4) is 0 Å². The lowest BCUT2D eigenvalue weighted by atomic mass is 10.1. The lowest BCUT2D eigenvalue weighted by molar-refractivity contribution is -0.113. The van der Waals surface area contributed by atoms with E-state index in [4.69, 9.17) is 27.9 Å². The number of ether oxygens (including phenoxy) is 1. The molecule has 2 aromatic carbocycles. The molecule has 0 saturated carbocycles. The molecule has 1 amide bonds. The first-order chi connectivity index (χ1) is 15.4. The number of hydrogen-bond donors (Lipinski definition) is 1. The van der Waals surface area contributed by atoms with E-state index in [2.05, 4.69) is 22.1 Å². The Morgan fingerprint density at radius 3 is 2.59 bits per heavy atom. The van der Waals surface area contributed by atoms with Crippen LogP contribution in [0.2, 0.25) is 10.0 Å². The second-order valence-electron chi connectivity index (χ2n) is 6.63. The molecule has 0 radical (unpaired) electrons. The molecule has 0 fully saturated rings. The summed E-state index contributed by atoms with van der Waals surface area (Å²) in [5.74, 6) is 0.947. The van der Waals surface area contributed by atoms with Gasteiger partial charge in [-0.15, -0.1) is 16.8 Å². The van der Waals surface area contributed by atoms with E-state index in [9.17, 15) is 9.59 Å². The van der Waals surface area contributed by atoms with Crippen LogP contribution in [0, 0.1) is 0 Å². The van der Waals surface area contributed by atoms with Crippen molar-refractivity contribution in [1.82, 2.24) is 14.8 Å². The summed E-state index contributed by atoms with van der Waals surface area (Å²) in [7, 11) is 0. The number of carbonyl (C=O) groups excluding carboxylic acids is 2. The monoisotopic (exact) mass is 490 g/mol. The average molecular weight is 491 g/mol. The second kappa shape index (κ2) is 11.2. The Balaban J connectivity index is 1.61. The van der Waals surface area contributed by atoms with Gasteiger partial charge in [-0.3, -0.25) is 14.2 Å². The number of carbonyl (C=O) groups is 2. The standard InChI is InChI=1S/C22H20Cl2N4O3S/c1-3-10-28-20(12-31-19-9-6-16(23)11-18(19)24)26-27-22(28)32-13-21(30)25-17-7-4-15(5-8-17)14(2)29/h3-9,11H,1,10,12-13H2,2H3,(H,25,30). The van der Waals surface area contributed by atoms with Crippen molar-refractivity contribution in [2.45, 2.75) is 25.2 Å². The third kappa shape index (κ3) is 6.35. The molecule has 0 spiro atoms. The Morgan fingerprint density at radius 1 is 1.19 bits per heavy atom. The van der Waals surface area contributed by atoms with Crippen molar-refractivity contribution in [2.75, 3.05) is 11.1 Å². The number of thioether (sulfide) groups is 1. The van der Waals surface area contributed by atoms with E-state index >= 15 is 0 Å². The average Bonchev–Trinajstić information content (AvgIpc) is 3.14. The molecule has 0 atom stereocenters. The molecular formula is C22H20Cl2N4O3S. The van der Waals surface area contributed by atoms with E-state index in [0.29, 0.717) is 44.6 Å². The van der Waals surface area contributed by atoms with E-state index in [1.54, 1.807) is 48.5 Å². The minimum atomic E-state index is -0.204. The SMILES string of the molecule is C=CCn1c(COc2ccc(Cl)cc2Cl)nnc1SCC(=O)Nc1ccc(C(C)=O)cc1. The van der Waals surface area contributed by atoms with Gasteiger partial charge in [-0.05, 0) is 49.4 Å². The molecule has 0 saturated heterocycles. The molecule has 7 nitrogen and oxygen atoms in total. The number of halogens is 2. The van der Waals surface area contributed by atoms with Gasteiger partial charge in [-0.2, -0.15) is 0 Å². The minimum Gasteiger partial charge on any atom is -0.484 e. The second-order valence-corrected chi connectivity index (χ2v) is 8.42. The maximum absolute atomic E-state index is 12.3. The van der Waals surface area contributed by atoms with E-state index < -0.39 is 0 Å².